The van der Waals surface area contributed by atoms with Crippen molar-refractivity contribution in [1.82, 2.24) is 4.90 Å². The monoisotopic (exact) mass is 280 g/mol. The van der Waals surface area contributed by atoms with Gasteiger partial charge in [0.05, 0.1) is 0 Å². The molecule has 3 rings (SSSR count). The maximum Gasteiger partial charge on any atom is 0.224 e. The van der Waals surface area contributed by atoms with Crippen molar-refractivity contribution in [2.24, 2.45) is 0 Å². The van der Waals surface area contributed by atoms with Gasteiger partial charge < -0.3 is 10.2 Å². The Kier molecular flexibility index (Phi) is 4.20. The fourth-order valence-electron chi connectivity index (χ4n) is 2.74. The molecule has 108 valence electrons. The summed E-state index contributed by atoms with van der Waals surface area (Å²) in [7, 11) is 0. The first-order valence-corrected chi connectivity index (χ1v) is 7.46. The van der Waals surface area contributed by atoms with Crippen LogP contribution in [0.1, 0.15) is 17.5 Å². The number of fused-ring (bicyclic) bond motifs is 1. The number of rotatable bonds is 4. The van der Waals surface area contributed by atoms with E-state index >= 15 is 0 Å². The van der Waals surface area contributed by atoms with Gasteiger partial charge in [-0.25, -0.2) is 0 Å². The number of para-hydroxylation sites is 1. The van der Waals surface area contributed by atoms with Crippen LogP contribution in [0.15, 0.2) is 54.6 Å². The molecule has 0 aliphatic carbocycles. The zero-order chi connectivity index (χ0) is 14.5. The summed E-state index contributed by atoms with van der Waals surface area (Å²) in [6.07, 6.45) is 1.51. The second-order valence-corrected chi connectivity index (χ2v) is 5.38. The van der Waals surface area contributed by atoms with E-state index in [-0.39, 0.29) is 5.91 Å². The molecule has 1 aliphatic heterocycles. The Morgan fingerprint density at radius 3 is 2.52 bits per heavy atom. The second-order valence-electron chi connectivity index (χ2n) is 5.38. The highest BCUT2D eigenvalue weighted by Crippen LogP contribution is 2.19. The molecular weight excluding hydrogens is 260 g/mol. The average Bonchev–Trinajstić information content (AvgIpc) is 2.55. The Bertz CT molecular complexity index is 610. The summed E-state index contributed by atoms with van der Waals surface area (Å²) in [5.41, 5.74) is 3.73. The molecule has 3 nitrogen and oxygen atoms in total. The first-order valence-electron chi connectivity index (χ1n) is 7.46. The predicted molar refractivity (Wildman–Crippen MR) is 85.1 cm³/mol. The van der Waals surface area contributed by atoms with E-state index in [2.05, 4.69) is 23.5 Å². The van der Waals surface area contributed by atoms with Crippen LogP contribution < -0.4 is 5.32 Å². The van der Waals surface area contributed by atoms with Crippen molar-refractivity contribution in [3.8, 4) is 0 Å². The molecule has 1 N–H and O–H groups in total. The van der Waals surface area contributed by atoms with Crippen molar-refractivity contribution in [3.05, 3.63) is 65.7 Å². The molecule has 0 fully saturated rings. The Hall–Kier alpha value is -2.29. The predicted octanol–water partition coefficient (Wildman–Crippen LogP) is 3.07. The van der Waals surface area contributed by atoms with Crippen LogP contribution in [0.3, 0.4) is 0 Å². The summed E-state index contributed by atoms with van der Waals surface area (Å²) in [6.45, 7) is 2.27. The van der Waals surface area contributed by atoms with Crippen molar-refractivity contribution in [2.75, 3.05) is 18.4 Å². The molecule has 0 unspecified atom stereocenters. The molecule has 0 bridgehead atoms. The van der Waals surface area contributed by atoms with E-state index in [0.29, 0.717) is 13.0 Å². The maximum atomic E-state index is 12.3. The van der Waals surface area contributed by atoms with Crippen molar-refractivity contribution >= 4 is 11.6 Å². The van der Waals surface area contributed by atoms with Crippen LogP contribution in [0.5, 0.6) is 0 Å². The van der Waals surface area contributed by atoms with Gasteiger partial charge in [0, 0.05) is 31.7 Å². The molecule has 0 spiro atoms. The number of anilines is 1. The lowest BCUT2D eigenvalue weighted by Gasteiger charge is -2.29. The minimum absolute atomic E-state index is 0.230. The van der Waals surface area contributed by atoms with Crippen LogP contribution in [-0.4, -0.2) is 23.9 Å². The van der Waals surface area contributed by atoms with Gasteiger partial charge in [-0.05, 0) is 29.7 Å². The van der Waals surface area contributed by atoms with E-state index in [4.69, 9.17) is 0 Å². The van der Waals surface area contributed by atoms with E-state index in [1.807, 2.05) is 41.3 Å². The lowest BCUT2D eigenvalue weighted by molar-refractivity contribution is -0.131. The van der Waals surface area contributed by atoms with Gasteiger partial charge >= 0.3 is 0 Å². The van der Waals surface area contributed by atoms with E-state index in [9.17, 15) is 4.79 Å². The van der Waals surface area contributed by atoms with Gasteiger partial charge in [0.15, 0.2) is 0 Å². The fraction of sp³-hybridized carbons (Fsp3) is 0.278. The van der Waals surface area contributed by atoms with Crippen LogP contribution in [0, 0.1) is 0 Å². The summed E-state index contributed by atoms with van der Waals surface area (Å²) in [5.74, 6) is 0.230. The topological polar surface area (TPSA) is 32.3 Å². The minimum Gasteiger partial charge on any atom is -0.385 e. The quantitative estimate of drug-likeness (QED) is 0.933. The zero-order valence-corrected chi connectivity index (χ0v) is 12.1. The molecule has 1 heterocycles. The molecule has 0 aromatic heterocycles. The van der Waals surface area contributed by atoms with Crippen molar-refractivity contribution in [2.45, 2.75) is 19.4 Å². The molecule has 0 radical (unpaired) electrons. The van der Waals surface area contributed by atoms with Gasteiger partial charge in [-0.1, -0.05) is 42.5 Å². The largest absolute Gasteiger partial charge is 0.385 e. The Balaban J connectivity index is 1.50. The second kappa shape index (κ2) is 6.44. The summed E-state index contributed by atoms with van der Waals surface area (Å²) in [6, 6.07) is 18.4. The van der Waals surface area contributed by atoms with Crippen molar-refractivity contribution < 1.29 is 4.79 Å². The van der Waals surface area contributed by atoms with E-state index < -0.39 is 0 Å². The lowest BCUT2D eigenvalue weighted by Crippen LogP contribution is -2.36. The summed E-state index contributed by atoms with van der Waals surface area (Å²) < 4.78 is 0. The lowest BCUT2D eigenvalue weighted by atomic mass is 10.00. The molecule has 2 aromatic rings. The highest BCUT2D eigenvalue weighted by molar-refractivity contribution is 5.77. The third-order valence-corrected chi connectivity index (χ3v) is 3.93. The van der Waals surface area contributed by atoms with Gasteiger partial charge in [-0.2, -0.15) is 0 Å². The third kappa shape index (κ3) is 3.43. The van der Waals surface area contributed by atoms with E-state index in [0.717, 1.165) is 25.2 Å². The number of nitrogens with zero attached hydrogens (tertiary/aromatic N) is 1. The summed E-state index contributed by atoms with van der Waals surface area (Å²) in [5, 5.41) is 3.29. The standard InChI is InChI=1S/C18H20N2O/c21-18(10-12-19-17-8-2-1-3-9-17)20-13-11-15-6-4-5-7-16(15)14-20/h1-9,19H,10-14H2. The number of hydrogen-bond donors (Lipinski definition) is 1. The first kappa shape index (κ1) is 13.7. The Labute approximate surface area is 125 Å². The zero-order valence-electron chi connectivity index (χ0n) is 12.1. The summed E-state index contributed by atoms with van der Waals surface area (Å²) >= 11 is 0. The minimum atomic E-state index is 0.230. The molecule has 3 heteroatoms. The van der Waals surface area contributed by atoms with Crippen LogP contribution in [-0.2, 0) is 17.8 Å². The molecule has 2 aromatic carbocycles. The molecule has 1 amide bonds. The first-order chi connectivity index (χ1) is 10.3. The maximum absolute atomic E-state index is 12.3. The van der Waals surface area contributed by atoms with Crippen LogP contribution in [0.25, 0.3) is 0 Å². The number of nitrogens with one attached hydrogen (secondary N) is 1. The van der Waals surface area contributed by atoms with Gasteiger partial charge in [-0.15, -0.1) is 0 Å². The van der Waals surface area contributed by atoms with Crippen molar-refractivity contribution in [1.29, 1.82) is 0 Å². The van der Waals surface area contributed by atoms with Crippen LogP contribution >= 0.6 is 0 Å². The van der Waals surface area contributed by atoms with Gasteiger partial charge in [0.2, 0.25) is 5.91 Å². The molecule has 21 heavy (non-hydrogen) atoms. The van der Waals surface area contributed by atoms with Gasteiger partial charge in [0.1, 0.15) is 0 Å². The van der Waals surface area contributed by atoms with Crippen LogP contribution in [0.4, 0.5) is 5.69 Å². The number of carbonyl (C=O) groups is 1. The van der Waals surface area contributed by atoms with Gasteiger partial charge in [-0.3, -0.25) is 4.79 Å². The van der Waals surface area contributed by atoms with Gasteiger partial charge in [0.25, 0.3) is 0 Å². The number of hydrogen-bond acceptors (Lipinski definition) is 2. The highest BCUT2D eigenvalue weighted by atomic mass is 16.2. The Morgan fingerprint density at radius 2 is 1.71 bits per heavy atom. The Morgan fingerprint density at radius 1 is 1.00 bits per heavy atom. The third-order valence-electron chi connectivity index (χ3n) is 3.93. The van der Waals surface area contributed by atoms with E-state index in [1.165, 1.54) is 11.1 Å². The summed E-state index contributed by atoms with van der Waals surface area (Å²) in [4.78, 5) is 14.3. The SMILES string of the molecule is O=C(CCNc1ccccc1)N1CCc2ccccc2C1. The molecular formula is C18H20N2O. The highest BCUT2D eigenvalue weighted by Gasteiger charge is 2.19. The smallest absolute Gasteiger partial charge is 0.224 e. The van der Waals surface area contributed by atoms with Crippen molar-refractivity contribution in [3.63, 3.8) is 0 Å². The van der Waals surface area contributed by atoms with E-state index in [1.54, 1.807) is 0 Å². The average molecular weight is 280 g/mol. The molecule has 0 saturated heterocycles. The fourth-order valence-corrected chi connectivity index (χ4v) is 2.74. The molecule has 0 atom stereocenters. The number of carbonyl (C=O) groups excluding carboxylic acids is 1. The normalized spacial score (nSPS) is 13.6. The molecule has 0 saturated carbocycles. The molecule has 1 aliphatic rings. The van der Waals surface area contributed by atoms with Crippen LogP contribution in [0.2, 0.25) is 0 Å². The number of amides is 1. The number of benzene rings is 2.